The molecule has 0 radical (unpaired) electrons. The Bertz CT molecular complexity index is 425. The average molecular weight is 262 g/mol. The van der Waals surface area contributed by atoms with Crippen molar-refractivity contribution < 1.29 is 4.74 Å². The van der Waals surface area contributed by atoms with Gasteiger partial charge in [-0.25, -0.2) is 0 Å². The van der Waals surface area contributed by atoms with Gasteiger partial charge in [-0.05, 0) is 62.9 Å². The normalized spacial score (nSPS) is 18.6. The number of hydrogen-bond donors (Lipinski definition) is 1. The van der Waals surface area contributed by atoms with Crippen LogP contribution < -0.4 is 15.0 Å². The summed E-state index contributed by atoms with van der Waals surface area (Å²) in [4.78, 5) is 2.36. The van der Waals surface area contributed by atoms with Gasteiger partial charge in [0.05, 0.1) is 7.11 Å². The molecule has 1 fully saturated rings. The van der Waals surface area contributed by atoms with Gasteiger partial charge in [0.1, 0.15) is 5.75 Å². The molecule has 1 heterocycles. The second-order valence-corrected chi connectivity index (χ2v) is 5.54. The van der Waals surface area contributed by atoms with Crippen molar-refractivity contribution in [3.05, 3.63) is 23.3 Å². The lowest BCUT2D eigenvalue weighted by Gasteiger charge is -2.24. The van der Waals surface area contributed by atoms with E-state index in [0.717, 1.165) is 12.3 Å². The number of anilines is 1. The van der Waals surface area contributed by atoms with Gasteiger partial charge in [0.2, 0.25) is 0 Å². The Morgan fingerprint density at radius 1 is 1.32 bits per heavy atom. The Balaban J connectivity index is 2.01. The third kappa shape index (κ3) is 3.21. The molecule has 0 amide bonds. The zero-order chi connectivity index (χ0) is 13.8. The molecule has 1 aliphatic heterocycles. The van der Waals surface area contributed by atoms with Crippen LogP contribution in [0.15, 0.2) is 12.1 Å². The monoisotopic (exact) mass is 262 g/mol. The lowest BCUT2D eigenvalue weighted by atomic mass is 10.1. The fourth-order valence-corrected chi connectivity index (χ4v) is 2.89. The van der Waals surface area contributed by atoms with E-state index in [1.165, 1.54) is 42.6 Å². The molecule has 1 aromatic carbocycles. The summed E-state index contributed by atoms with van der Waals surface area (Å²) in [6.07, 6.45) is 3.88. The highest BCUT2D eigenvalue weighted by molar-refractivity contribution is 5.59. The summed E-state index contributed by atoms with van der Waals surface area (Å²) in [6, 6.07) is 4.95. The standard InChI is InChI=1S/C16H26N2O/c1-12-13(2)16(19-4)8-7-15(12)18(3)11-9-14-6-5-10-17-14/h7-8,14,17H,5-6,9-11H2,1-4H3. The van der Waals surface area contributed by atoms with Gasteiger partial charge in [-0.1, -0.05) is 0 Å². The largest absolute Gasteiger partial charge is 0.496 e. The van der Waals surface area contributed by atoms with E-state index >= 15 is 0 Å². The van der Waals surface area contributed by atoms with Crippen molar-refractivity contribution in [2.75, 3.05) is 32.1 Å². The molecule has 1 aromatic rings. The smallest absolute Gasteiger partial charge is 0.122 e. The third-order valence-electron chi connectivity index (χ3n) is 4.32. The van der Waals surface area contributed by atoms with Gasteiger partial charge in [0.15, 0.2) is 0 Å². The molecule has 1 aliphatic rings. The number of rotatable bonds is 5. The molecule has 0 saturated carbocycles. The van der Waals surface area contributed by atoms with Crippen LogP contribution in [-0.4, -0.2) is 33.3 Å². The minimum absolute atomic E-state index is 0.710. The molecule has 1 N–H and O–H groups in total. The first-order valence-corrected chi connectivity index (χ1v) is 7.22. The molecular weight excluding hydrogens is 236 g/mol. The van der Waals surface area contributed by atoms with Crippen molar-refractivity contribution in [1.82, 2.24) is 5.32 Å². The summed E-state index contributed by atoms with van der Waals surface area (Å²) in [5, 5.41) is 3.56. The highest BCUT2D eigenvalue weighted by Gasteiger charge is 2.15. The number of nitrogens with zero attached hydrogens (tertiary/aromatic N) is 1. The first kappa shape index (κ1) is 14.2. The maximum atomic E-state index is 5.37. The predicted octanol–water partition coefficient (Wildman–Crippen LogP) is 2.89. The minimum atomic E-state index is 0.710. The number of ether oxygens (including phenoxy) is 1. The van der Waals surface area contributed by atoms with Gasteiger partial charge in [-0.15, -0.1) is 0 Å². The van der Waals surface area contributed by atoms with Gasteiger partial charge in [0, 0.05) is 25.3 Å². The molecule has 1 saturated heterocycles. The van der Waals surface area contributed by atoms with Crippen LogP contribution >= 0.6 is 0 Å². The summed E-state index contributed by atoms with van der Waals surface area (Å²) in [5.74, 6) is 0.979. The molecule has 1 atom stereocenters. The molecule has 0 bridgehead atoms. The minimum Gasteiger partial charge on any atom is -0.496 e. The SMILES string of the molecule is COc1ccc(N(C)CCC2CCCN2)c(C)c1C. The van der Waals surface area contributed by atoms with Gasteiger partial charge in [0.25, 0.3) is 0 Å². The van der Waals surface area contributed by atoms with E-state index in [9.17, 15) is 0 Å². The van der Waals surface area contributed by atoms with Crippen LogP contribution in [0.3, 0.4) is 0 Å². The van der Waals surface area contributed by atoms with Crippen molar-refractivity contribution >= 4 is 5.69 Å². The van der Waals surface area contributed by atoms with E-state index in [4.69, 9.17) is 4.74 Å². The molecular formula is C16H26N2O. The van der Waals surface area contributed by atoms with Crippen LogP contribution in [0.25, 0.3) is 0 Å². The third-order valence-corrected chi connectivity index (χ3v) is 4.32. The van der Waals surface area contributed by atoms with E-state index in [0.29, 0.717) is 6.04 Å². The van der Waals surface area contributed by atoms with Crippen LogP contribution in [0.5, 0.6) is 5.75 Å². The van der Waals surface area contributed by atoms with Crippen molar-refractivity contribution in [2.45, 2.75) is 39.2 Å². The fraction of sp³-hybridized carbons (Fsp3) is 0.625. The molecule has 0 spiro atoms. The van der Waals surface area contributed by atoms with Gasteiger partial charge < -0.3 is 15.0 Å². The Morgan fingerprint density at radius 2 is 2.11 bits per heavy atom. The van der Waals surface area contributed by atoms with Gasteiger partial charge in [-0.2, -0.15) is 0 Å². The molecule has 1 unspecified atom stereocenters. The lowest BCUT2D eigenvalue weighted by Crippen LogP contribution is -2.28. The lowest BCUT2D eigenvalue weighted by molar-refractivity contribution is 0.411. The molecule has 0 aliphatic carbocycles. The van der Waals surface area contributed by atoms with Gasteiger partial charge in [-0.3, -0.25) is 0 Å². The molecule has 106 valence electrons. The predicted molar refractivity (Wildman–Crippen MR) is 81.4 cm³/mol. The number of hydrogen-bond acceptors (Lipinski definition) is 3. The number of methoxy groups -OCH3 is 1. The number of nitrogens with one attached hydrogen (secondary N) is 1. The van der Waals surface area contributed by atoms with Crippen LogP contribution in [0.2, 0.25) is 0 Å². The Hall–Kier alpha value is -1.22. The van der Waals surface area contributed by atoms with Crippen LogP contribution in [0.4, 0.5) is 5.69 Å². The molecule has 3 nitrogen and oxygen atoms in total. The second-order valence-electron chi connectivity index (χ2n) is 5.54. The zero-order valence-electron chi connectivity index (χ0n) is 12.6. The van der Waals surface area contributed by atoms with E-state index in [-0.39, 0.29) is 0 Å². The Labute approximate surface area is 116 Å². The first-order chi connectivity index (χ1) is 9.13. The van der Waals surface area contributed by atoms with Crippen molar-refractivity contribution in [1.29, 1.82) is 0 Å². The summed E-state index contributed by atoms with van der Waals surface area (Å²) in [5.41, 5.74) is 3.88. The van der Waals surface area contributed by atoms with E-state index in [1.54, 1.807) is 7.11 Å². The molecule has 0 aromatic heterocycles. The summed E-state index contributed by atoms with van der Waals surface area (Å²) < 4.78 is 5.37. The zero-order valence-corrected chi connectivity index (χ0v) is 12.6. The first-order valence-electron chi connectivity index (χ1n) is 7.22. The summed E-state index contributed by atoms with van der Waals surface area (Å²) in [7, 11) is 3.92. The maximum Gasteiger partial charge on any atom is 0.122 e. The Morgan fingerprint density at radius 3 is 2.74 bits per heavy atom. The molecule has 3 heteroatoms. The van der Waals surface area contributed by atoms with Crippen molar-refractivity contribution in [3.63, 3.8) is 0 Å². The Kier molecular flexibility index (Phi) is 4.70. The quantitative estimate of drug-likeness (QED) is 0.883. The van der Waals surface area contributed by atoms with E-state index < -0.39 is 0 Å². The molecule has 19 heavy (non-hydrogen) atoms. The highest BCUT2D eigenvalue weighted by atomic mass is 16.5. The van der Waals surface area contributed by atoms with E-state index in [2.05, 4.69) is 43.2 Å². The van der Waals surface area contributed by atoms with Crippen molar-refractivity contribution in [2.24, 2.45) is 0 Å². The fourth-order valence-electron chi connectivity index (χ4n) is 2.89. The van der Waals surface area contributed by atoms with Crippen molar-refractivity contribution in [3.8, 4) is 5.75 Å². The highest BCUT2D eigenvalue weighted by Crippen LogP contribution is 2.29. The molecule has 2 rings (SSSR count). The van der Waals surface area contributed by atoms with Crippen LogP contribution in [0, 0.1) is 13.8 Å². The summed E-state index contributed by atoms with van der Waals surface area (Å²) in [6.45, 7) is 6.60. The average Bonchev–Trinajstić information content (AvgIpc) is 2.92. The van der Waals surface area contributed by atoms with Gasteiger partial charge >= 0.3 is 0 Å². The van der Waals surface area contributed by atoms with E-state index in [1.807, 2.05) is 0 Å². The summed E-state index contributed by atoms with van der Waals surface area (Å²) >= 11 is 0. The topological polar surface area (TPSA) is 24.5 Å². The maximum absolute atomic E-state index is 5.37. The van der Waals surface area contributed by atoms with Crippen LogP contribution in [0.1, 0.15) is 30.4 Å². The second kappa shape index (κ2) is 6.29. The van der Waals surface area contributed by atoms with Crippen LogP contribution in [-0.2, 0) is 0 Å². The number of benzene rings is 1.